The monoisotopic (exact) mass is 537 g/mol. The number of halogens is 1. The fourth-order valence-corrected chi connectivity index (χ4v) is 4.07. The molecule has 0 aliphatic rings. The van der Waals surface area contributed by atoms with Crippen LogP contribution >= 0.6 is 23.8 Å². The van der Waals surface area contributed by atoms with Gasteiger partial charge in [-0.1, -0.05) is 23.7 Å². The Morgan fingerprint density at radius 3 is 2.43 bits per heavy atom. The number of hydrogen-bond acceptors (Lipinski definition) is 7. The molecule has 0 aliphatic heterocycles. The van der Waals surface area contributed by atoms with E-state index in [1.165, 1.54) is 0 Å². The zero-order valence-electron chi connectivity index (χ0n) is 20.3. The Bertz CT molecular complexity index is 1460. The first-order valence-electron chi connectivity index (χ1n) is 11.1. The van der Waals surface area contributed by atoms with E-state index in [0.717, 1.165) is 10.9 Å². The summed E-state index contributed by atoms with van der Waals surface area (Å²) in [6, 6.07) is 17.7. The number of anilines is 1. The number of carbonyl (C=O) groups excluding carboxylic acids is 1. The zero-order chi connectivity index (χ0) is 26.4. The molecule has 0 fully saturated rings. The molecule has 1 aromatic heterocycles. The Morgan fingerprint density at radius 2 is 1.70 bits per heavy atom. The molecular weight excluding hydrogens is 514 g/mol. The van der Waals surface area contributed by atoms with Gasteiger partial charge in [-0.3, -0.25) is 9.78 Å². The number of fused-ring (bicyclic) bond motifs is 1. The Morgan fingerprint density at radius 1 is 0.919 bits per heavy atom. The van der Waals surface area contributed by atoms with E-state index < -0.39 is 0 Å². The van der Waals surface area contributed by atoms with E-state index in [0.29, 0.717) is 45.0 Å². The van der Waals surface area contributed by atoms with Crippen LogP contribution in [0, 0.1) is 0 Å². The van der Waals surface area contributed by atoms with Crippen molar-refractivity contribution in [1.82, 2.24) is 10.3 Å². The van der Waals surface area contributed by atoms with E-state index >= 15 is 0 Å². The number of benzene rings is 3. The summed E-state index contributed by atoms with van der Waals surface area (Å²) in [4.78, 5) is 16.8. The van der Waals surface area contributed by atoms with Gasteiger partial charge in [-0.2, -0.15) is 0 Å². The van der Waals surface area contributed by atoms with E-state index in [9.17, 15) is 4.79 Å². The number of nitrogens with zero attached hydrogens (tertiary/aromatic N) is 1. The summed E-state index contributed by atoms with van der Waals surface area (Å²) in [5.41, 5.74) is 2.08. The Kier molecular flexibility index (Phi) is 8.27. The molecule has 1 heterocycles. The van der Waals surface area contributed by atoms with E-state index in [-0.39, 0.29) is 17.4 Å². The highest BCUT2D eigenvalue weighted by Gasteiger charge is 2.13. The van der Waals surface area contributed by atoms with Crippen molar-refractivity contribution in [3.63, 3.8) is 0 Å². The molecule has 1 amide bonds. The summed E-state index contributed by atoms with van der Waals surface area (Å²) in [6.45, 7) is 0. The third-order valence-electron chi connectivity index (χ3n) is 5.37. The summed E-state index contributed by atoms with van der Waals surface area (Å²) >= 11 is 11.8. The average Bonchev–Trinajstić information content (AvgIpc) is 2.89. The fraction of sp³-hybridized carbons (Fsp3) is 0.148. The van der Waals surface area contributed by atoms with Crippen molar-refractivity contribution in [2.45, 2.75) is 6.42 Å². The van der Waals surface area contributed by atoms with Gasteiger partial charge in [-0.25, -0.2) is 0 Å². The van der Waals surface area contributed by atoms with Crippen molar-refractivity contribution < 1.29 is 23.7 Å². The average molecular weight is 538 g/mol. The van der Waals surface area contributed by atoms with E-state index in [4.69, 9.17) is 42.8 Å². The van der Waals surface area contributed by atoms with Gasteiger partial charge in [0.1, 0.15) is 17.2 Å². The smallest absolute Gasteiger partial charge is 0.230 e. The van der Waals surface area contributed by atoms with Crippen molar-refractivity contribution in [2.75, 3.05) is 26.6 Å². The van der Waals surface area contributed by atoms with Gasteiger partial charge in [0.25, 0.3) is 0 Å². The highest BCUT2D eigenvalue weighted by Crippen LogP contribution is 2.38. The third-order valence-corrected chi connectivity index (χ3v) is 5.87. The van der Waals surface area contributed by atoms with E-state index in [2.05, 4.69) is 15.6 Å². The normalized spacial score (nSPS) is 10.5. The largest absolute Gasteiger partial charge is 0.497 e. The lowest BCUT2D eigenvalue weighted by atomic mass is 10.1. The number of aromatic nitrogens is 1. The SMILES string of the molecule is COc1cccc(CC(=O)NC(=S)Nc2ccc(Oc3ccnc4cc(OC)c(OC)cc34)c(Cl)c2)c1. The van der Waals surface area contributed by atoms with Gasteiger partial charge in [0, 0.05) is 23.3 Å². The van der Waals surface area contributed by atoms with E-state index in [1.54, 1.807) is 70.0 Å². The summed E-state index contributed by atoms with van der Waals surface area (Å²) in [5, 5.41) is 6.86. The first kappa shape index (κ1) is 26.0. The minimum Gasteiger partial charge on any atom is -0.497 e. The minimum atomic E-state index is -0.256. The number of methoxy groups -OCH3 is 3. The van der Waals surface area contributed by atoms with Gasteiger partial charge < -0.3 is 29.6 Å². The first-order chi connectivity index (χ1) is 17.9. The Labute approximate surface area is 224 Å². The van der Waals surface area contributed by atoms with Crippen molar-refractivity contribution >= 4 is 51.4 Å². The predicted molar refractivity (Wildman–Crippen MR) is 147 cm³/mol. The summed E-state index contributed by atoms with van der Waals surface area (Å²) in [6.07, 6.45) is 1.79. The third kappa shape index (κ3) is 6.38. The van der Waals surface area contributed by atoms with Crippen LogP contribution in [0.5, 0.6) is 28.7 Å². The molecule has 0 aliphatic carbocycles. The zero-order valence-corrected chi connectivity index (χ0v) is 21.9. The maximum atomic E-state index is 12.4. The van der Waals surface area contributed by atoms with Gasteiger partial charge in [0.2, 0.25) is 5.91 Å². The minimum absolute atomic E-state index is 0.152. The number of nitrogens with one attached hydrogen (secondary N) is 2. The number of pyridine rings is 1. The summed E-state index contributed by atoms with van der Waals surface area (Å²) in [7, 11) is 4.71. The maximum Gasteiger partial charge on any atom is 0.230 e. The molecule has 4 rings (SSSR count). The molecule has 0 bridgehead atoms. The topological polar surface area (TPSA) is 90.9 Å². The fourth-order valence-electron chi connectivity index (χ4n) is 3.62. The number of rotatable bonds is 8. The van der Waals surface area contributed by atoms with Crippen LogP contribution in [0.2, 0.25) is 5.02 Å². The van der Waals surface area contributed by atoms with Crippen LogP contribution in [0.15, 0.2) is 66.9 Å². The number of amides is 1. The molecule has 3 aromatic carbocycles. The lowest BCUT2D eigenvalue weighted by Crippen LogP contribution is -2.35. The Hall–Kier alpha value is -4.08. The highest BCUT2D eigenvalue weighted by atomic mass is 35.5. The molecule has 0 saturated heterocycles. The molecule has 190 valence electrons. The van der Waals surface area contributed by atoms with Crippen molar-refractivity contribution in [2.24, 2.45) is 0 Å². The number of hydrogen-bond donors (Lipinski definition) is 2. The lowest BCUT2D eigenvalue weighted by Gasteiger charge is -2.14. The van der Waals surface area contributed by atoms with Gasteiger partial charge in [0.05, 0.1) is 38.3 Å². The van der Waals surface area contributed by atoms with Crippen LogP contribution < -0.4 is 29.6 Å². The molecule has 37 heavy (non-hydrogen) atoms. The van der Waals surface area contributed by atoms with Crippen LogP contribution in [0.3, 0.4) is 0 Å². The van der Waals surface area contributed by atoms with Crippen LogP contribution in [-0.4, -0.2) is 37.3 Å². The van der Waals surface area contributed by atoms with E-state index in [1.807, 2.05) is 18.2 Å². The van der Waals surface area contributed by atoms with Crippen LogP contribution in [0.25, 0.3) is 10.9 Å². The molecule has 10 heteroatoms. The second-order valence-corrected chi connectivity index (χ2v) is 8.63. The van der Waals surface area contributed by atoms with Gasteiger partial charge in [-0.15, -0.1) is 0 Å². The van der Waals surface area contributed by atoms with Gasteiger partial charge in [0.15, 0.2) is 16.6 Å². The molecule has 8 nitrogen and oxygen atoms in total. The molecule has 4 aromatic rings. The predicted octanol–water partition coefficient (Wildman–Crippen LogP) is 5.76. The van der Waals surface area contributed by atoms with Gasteiger partial charge >= 0.3 is 0 Å². The number of ether oxygens (including phenoxy) is 4. The quantitative estimate of drug-likeness (QED) is 0.274. The molecule has 0 radical (unpaired) electrons. The van der Waals surface area contributed by atoms with Crippen LogP contribution in [0.1, 0.15) is 5.56 Å². The molecule has 0 unspecified atom stereocenters. The van der Waals surface area contributed by atoms with Crippen molar-refractivity contribution in [3.8, 4) is 28.7 Å². The maximum absolute atomic E-state index is 12.4. The number of carbonyl (C=O) groups is 1. The first-order valence-corrected chi connectivity index (χ1v) is 11.9. The Balaban J connectivity index is 1.43. The second-order valence-electron chi connectivity index (χ2n) is 7.81. The van der Waals surface area contributed by atoms with Crippen molar-refractivity contribution in [1.29, 1.82) is 0 Å². The highest BCUT2D eigenvalue weighted by molar-refractivity contribution is 7.80. The van der Waals surface area contributed by atoms with Crippen molar-refractivity contribution in [3.05, 3.63) is 77.4 Å². The molecule has 0 spiro atoms. The van der Waals surface area contributed by atoms with Crippen LogP contribution in [0.4, 0.5) is 5.69 Å². The molecular formula is C27H24ClN3O5S. The molecule has 0 atom stereocenters. The number of thiocarbonyl (C=S) groups is 1. The standard InChI is InChI=1S/C27H24ClN3O5S/c1-33-18-6-4-5-16(11-18)12-26(32)31-27(37)30-17-7-8-23(20(28)13-17)36-22-9-10-29-21-15-25(35-3)24(34-2)14-19(21)22/h4-11,13-15H,12H2,1-3H3,(H2,30,31,32,37). The van der Waals surface area contributed by atoms with Gasteiger partial charge in [-0.05, 0) is 60.2 Å². The summed E-state index contributed by atoms with van der Waals surface area (Å²) in [5.74, 6) is 2.53. The lowest BCUT2D eigenvalue weighted by molar-refractivity contribution is -0.119. The molecule has 0 saturated carbocycles. The summed E-state index contributed by atoms with van der Waals surface area (Å²) < 4.78 is 22.0. The second kappa shape index (κ2) is 11.8. The molecule has 2 N–H and O–H groups in total. The van der Waals surface area contributed by atoms with Crippen LogP contribution in [-0.2, 0) is 11.2 Å².